The summed E-state index contributed by atoms with van der Waals surface area (Å²) in [5.41, 5.74) is 10.7. The number of benzene rings is 9. The maximum absolute atomic E-state index is 5.51. The van der Waals surface area contributed by atoms with E-state index in [0.717, 1.165) is 33.3 Å². The van der Waals surface area contributed by atoms with E-state index in [2.05, 4.69) is 259 Å². The fourth-order valence-electron chi connectivity index (χ4n) is 7.30. The SMILES string of the molecule is C#C[Si](C)(C)C.C#Cc1nc2ccccc2o1.C[Si](C)(C)C#Cc1nc2ccccc2o1.Clc1nc2ccccc2o1.[Cl][Pd][Cl].c1ccc(P(c2ccccc2)c2ccccc2)cc1.c1ccc(P(c2ccccc2)c2ccccc2)cc1. The first-order valence-electron chi connectivity index (χ1n) is 26.1. The van der Waals surface area contributed by atoms with Crippen molar-refractivity contribution in [2.24, 2.45) is 0 Å². The number of nitrogens with zero attached hydrogens (tertiary/aromatic N) is 3. The fourth-order valence-corrected chi connectivity index (χ4v) is 12.6. The molecule has 83 heavy (non-hydrogen) atoms. The smallest absolute Gasteiger partial charge is 0.0134 e. The predicted molar refractivity (Wildman–Crippen MR) is 359 cm³/mol. The van der Waals surface area contributed by atoms with Crippen LogP contribution in [0.4, 0.5) is 0 Å². The van der Waals surface area contributed by atoms with E-state index in [1.54, 1.807) is 0 Å². The van der Waals surface area contributed by atoms with E-state index >= 15 is 0 Å². The Balaban J connectivity index is 0.000000163. The van der Waals surface area contributed by atoms with E-state index in [1.165, 1.54) is 31.8 Å². The first-order chi connectivity index (χ1) is 40.2. The Morgan fingerprint density at radius 3 is 0.892 bits per heavy atom. The third-order valence-electron chi connectivity index (χ3n) is 11.0. The summed E-state index contributed by atoms with van der Waals surface area (Å²) in [6.07, 6.45) is 10.2. The molecule has 0 radical (unpaired) electrons. The standard InChI is InChI=1S/2C18H15P.C12H13NOSi.C9H5NO.C7H4ClNO.C5H10Si.2ClH.Pd/c2*1-4-10-16(11-5-1)19(17-12-6-2-7-13-17)18-14-8-3-9-15-18;1-15(2,3)9-8-12-13-10-6-4-5-7-11(10)14-12;1-2-9-10-7-5-3-4-6-8(7)11-9;8-7-9-5-3-1-2-4-6(5)10-7;1-5-6(2,3)4;;;/h2*1-15H;4-7H,1-3H3;1,3-6H;1-4H;1H,2-4H3;2*1H;/q;;;;;;;;+2/p-2. The average Bonchev–Trinajstić information content (AvgIpc) is 4.45. The average molecular weight is 1310 g/mol. The van der Waals surface area contributed by atoms with E-state index in [4.69, 9.17) is 56.8 Å². The molecule has 3 aromatic heterocycles. The third-order valence-corrected chi connectivity index (χ3v) is 17.8. The maximum atomic E-state index is 5.51. The normalized spacial score (nSPS) is 10.4. The van der Waals surface area contributed by atoms with Crippen LogP contribution >= 0.6 is 46.5 Å². The molecule has 0 aliphatic carbocycles. The zero-order valence-electron chi connectivity index (χ0n) is 46.8. The van der Waals surface area contributed by atoms with Gasteiger partial charge in [-0.2, -0.15) is 4.98 Å². The maximum Gasteiger partial charge on any atom is -0.0134 e. The van der Waals surface area contributed by atoms with Crippen molar-refractivity contribution in [1.82, 2.24) is 15.0 Å². The van der Waals surface area contributed by atoms with Gasteiger partial charge in [0.2, 0.25) is 0 Å². The molecular weight excluding hydrogens is 1250 g/mol. The summed E-state index contributed by atoms with van der Waals surface area (Å²) in [5, 5.41) is 8.58. The summed E-state index contributed by atoms with van der Waals surface area (Å²) >= 11 is 5.40. The Bertz CT molecular complexity index is 3550. The van der Waals surface area contributed by atoms with Gasteiger partial charge in [-0.15, -0.1) is 23.9 Å². The molecule has 0 amide bonds. The molecule has 420 valence electrons. The van der Waals surface area contributed by atoms with Crippen LogP contribution in [0, 0.1) is 35.8 Å². The van der Waals surface area contributed by atoms with Gasteiger partial charge in [0.05, 0.1) is 0 Å². The second kappa shape index (κ2) is 34.5. The van der Waals surface area contributed by atoms with Gasteiger partial charge in [-0.05, 0) is 108 Å². The van der Waals surface area contributed by atoms with Crippen LogP contribution < -0.4 is 31.8 Å². The minimum atomic E-state index is -1.35. The summed E-state index contributed by atoms with van der Waals surface area (Å²) in [6, 6.07) is 87.3. The molecule has 12 rings (SSSR count). The minimum absolute atomic E-state index is 0.106. The third kappa shape index (κ3) is 22.5. The molecule has 0 saturated carbocycles. The van der Waals surface area contributed by atoms with Crippen LogP contribution in [0.5, 0.6) is 0 Å². The first kappa shape index (κ1) is 65.1. The largest absolute Gasteiger partial charge is 0.0622 e. The van der Waals surface area contributed by atoms with Gasteiger partial charge in [-0.25, -0.2) is 9.97 Å². The molecule has 3 heterocycles. The Morgan fingerprint density at radius 2 is 0.627 bits per heavy atom. The predicted octanol–water partition coefficient (Wildman–Crippen LogP) is 17.1. The monoisotopic (exact) mass is 1310 g/mol. The summed E-state index contributed by atoms with van der Waals surface area (Å²) in [7, 11) is 6.28. The summed E-state index contributed by atoms with van der Waals surface area (Å²) in [6.45, 7) is 13.0. The first-order valence-corrected chi connectivity index (χ1v) is 40.2. The van der Waals surface area contributed by atoms with Crippen molar-refractivity contribution >= 4 is 128 Å². The number of hydrogen-bond donors (Lipinski definition) is 0. The molecule has 0 N–H and O–H groups in total. The minimum Gasteiger partial charge on any atom is -0.0622 e. The summed E-state index contributed by atoms with van der Waals surface area (Å²) in [4.78, 5) is 12.2. The van der Waals surface area contributed by atoms with Crippen molar-refractivity contribution in [3.63, 3.8) is 0 Å². The zero-order valence-corrected chi connectivity index (χ0v) is 54.4. The van der Waals surface area contributed by atoms with E-state index in [-0.39, 0.29) is 21.3 Å². The Labute approximate surface area is 514 Å². The van der Waals surface area contributed by atoms with Gasteiger partial charge < -0.3 is 13.3 Å². The summed E-state index contributed by atoms with van der Waals surface area (Å²) < 4.78 is 15.7. The van der Waals surface area contributed by atoms with Crippen LogP contribution in [0.3, 0.4) is 0 Å². The zero-order chi connectivity index (χ0) is 59.3. The number of rotatable bonds is 6. The van der Waals surface area contributed by atoms with Crippen molar-refractivity contribution in [2.45, 2.75) is 39.3 Å². The van der Waals surface area contributed by atoms with Gasteiger partial charge in [-0.3, -0.25) is 0 Å². The number of terminal acetylenes is 2. The van der Waals surface area contributed by atoms with Crippen molar-refractivity contribution in [2.75, 3.05) is 0 Å². The molecule has 0 saturated heterocycles. The van der Waals surface area contributed by atoms with Gasteiger partial charge in [0.15, 0.2) is 16.7 Å². The molecule has 0 atom stereocenters. The number of fused-ring (bicyclic) bond motifs is 3. The van der Waals surface area contributed by atoms with Crippen LogP contribution in [-0.2, 0) is 15.9 Å². The number of halogens is 3. The second-order valence-electron chi connectivity index (χ2n) is 19.7. The molecule has 14 heteroatoms. The number of aromatic nitrogens is 3. The quantitative estimate of drug-likeness (QED) is 0.0938. The molecule has 0 aliphatic rings. The van der Waals surface area contributed by atoms with Gasteiger partial charge in [0.25, 0.3) is 17.1 Å². The Kier molecular flexibility index (Phi) is 27.0. The molecule has 12 aromatic rings. The molecule has 0 spiro atoms. The van der Waals surface area contributed by atoms with Crippen LogP contribution in [-0.4, -0.2) is 31.1 Å². The van der Waals surface area contributed by atoms with Crippen molar-refractivity contribution in [3.05, 3.63) is 272 Å². The Hall–Kier alpha value is -7.10. The molecule has 6 nitrogen and oxygen atoms in total. The van der Waals surface area contributed by atoms with Crippen molar-refractivity contribution in [3.8, 4) is 35.8 Å². The van der Waals surface area contributed by atoms with E-state index in [1.807, 2.05) is 72.8 Å². The fraction of sp³-hybridized carbons (Fsp3) is 0.0870. The van der Waals surface area contributed by atoms with Crippen LogP contribution in [0.15, 0.2) is 268 Å². The van der Waals surface area contributed by atoms with Gasteiger partial charge >= 0.3 is 35.0 Å². The number of para-hydroxylation sites is 6. The molecule has 9 aromatic carbocycles. The van der Waals surface area contributed by atoms with Gasteiger partial charge in [0, 0.05) is 0 Å². The van der Waals surface area contributed by atoms with Crippen molar-refractivity contribution < 1.29 is 29.2 Å². The van der Waals surface area contributed by atoms with Crippen molar-refractivity contribution in [1.29, 1.82) is 0 Å². The van der Waals surface area contributed by atoms with Crippen LogP contribution in [0.1, 0.15) is 11.8 Å². The molecular formula is C69H62Cl3N3O3P2PdSi2. The van der Waals surface area contributed by atoms with E-state index in [0.29, 0.717) is 11.8 Å². The van der Waals surface area contributed by atoms with E-state index < -0.39 is 32.0 Å². The van der Waals surface area contributed by atoms with Crippen LogP contribution in [0.25, 0.3) is 33.3 Å². The number of oxazole rings is 3. The van der Waals surface area contributed by atoms with Gasteiger partial charge in [0.1, 0.15) is 32.7 Å². The Morgan fingerprint density at radius 1 is 0.373 bits per heavy atom. The topological polar surface area (TPSA) is 78.1 Å². The van der Waals surface area contributed by atoms with E-state index in [9.17, 15) is 0 Å². The molecule has 0 fully saturated rings. The van der Waals surface area contributed by atoms with Gasteiger partial charge in [-0.1, -0.05) is 258 Å². The number of hydrogen-bond acceptors (Lipinski definition) is 6. The molecule has 0 unspecified atom stereocenters. The summed E-state index contributed by atoms with van der Waals surface area (Å²) in [5.74, 6) is 6.21. The van der Waals surface area contributed by atoms with Crippen LogP contribution in [0.2, 0.25) is 44.6 Å². The second-order valence-corrected chi connectivity index (χ2v) is 36.3. The molecule has 0 bridgehead atoms. The molecule has 0 aliphatic heterocycles.